The summed E-state index contributed by atoms with van der Waals surface area (Å²) in [7, 11) is -3.56. The van der Waals surface area contributed by atoms with Gasteiger partial charge in [0, 0.05) is 39.1 Å². The van der Waals surface area contributed by atoms with E-state index in [9.17, 15) is 13.2 Å². The SMILES string of the molecule is CC(=O)N1CCc2ccc(S(=O)(=O)N3CCCC(C)C3CN)cc2CC1. The zero-order chi connectivity index (χ0) is 18.9. The number of carbonyl (C=O) groups excluding carboxylic acids is 1. The van der Waals surface area contributed by atoms with Crippen LogP contribution in [0.5, 0.6) is 0 Å². The molecule has 1 amide bonds. The zero-order valence-electron chi connectivity index (χ0n) is 15.6. The summed E-state index contributed by atoms with van der Waals surface area (Å²) in [6, 6.07) is 5.29. The molecule has 3 rings (SSSR count). The highest BCUT2D eigenvalue weighted by atomic mass is 32.2. The molecule has 0 radical (unpaired) electrons. The monoisotopic (exact) mass is 379 g/mol. The van der Waals surface area contributed by atoms with Gasteiger partial charge in [-0.3, -0.25) is 4.79 Å². The highest BCUT2D eigenvalue weighted by Crippen LogP contribution is 2.30. The molecule has 2 atom stereocenters. The maximum Gasteiger partial charge on any atom is 0.243 e. The first-order valence-corrected chi connectivity index (χ1v) is 10.9. The van der Waals surface area contributed by atoms with Crippen LogP contribution in [0.1, 0.15) is 37.8 Å². The Morgan fingerprint density at radius 3 is 2.54 bits per heavy atom. The van der Waals surface area contributed by atoms with E-state index < -0.39 is 10.0 Å². The Bertz CT molecular complexity index is 778. The Morgan fingerprint density at radius 1 is 1.19 bits per heavy atom. The molecule has 1 saturated heterocycles. The molecular formula is C19H29N3O3S. The Hall–Kier alpha value is -1.44. The van der Waals surface area contributed by atoms with E-state index in [1.807, 2.05) is 11.0 Å². The van der Waals surface area contributed by atoms with Gasteiger partial charge in [-0.05, 0) is 54.9 Å². The van der Waals surface area contributed by atoms with Crippen molar-refractivity contribution in [3.63, 3.8) is 0 Å². The standard InChI is InChI=1S/C19H29N3O3S/c1-14-4-3-9-22(19(14)13-20)26(24,25)18-6-5-16-7-10-21(15(2)23)11-8-17(16)12-18/h5-6,12,14,19H,3-4,7-11,13,20H2,1-2H3. The van der Waals surface area contributed by atoms with Gasteiger partial charge in [-0.1, -0.05) is 13.0 Å². The van der Waals surface area contributed by atoms with Crippen molar-refractivity contribution in [2.75, 3.05) is 26.2 Å². The van der Waals surface area contributed by atoms with E-state index in [-0.39, 0.29) is 17.9 Å². The number of sulfonamides is 1. The van der Waals surface area contributed by atoms with Gasteiger partial charge in [-0.25, -0.2) is 8.42 Å². The first-order chi connectivity index (χ1) is 12.3. The lowest BCUT2D eigenvalue weighted by Gasteiger charge is -2.38. The largest absolute Gasteiger partial charge is 0.342 e. The maximum absolute atomic E-state index is 13.3. The van der Waals surface area contributed by atoms with Crippen molar-refractivity contribution in [1.82, 2.24) is 9.21 Å². The lowest BCUT2D eigenvalue weighted by Crippen LogP contribution is -2.51. The van der Waals surface area contributed by atoms with Crippen molar-refractivity contribution in [2.45, 2.75) is 50.5 Å². The molecule has 0 spiro atoms. The van der Waals surface area contributed by atoms with Crippen molar-refractivity contribution < 1.29 is 13.2 Å². The molecule has 2 aliphatic heterocycles. The third-order valence-corrected chi connectivity index (χ3v) is 7.76. The Morgan fingerprint density at radius 2 is 1.88 bits per heavy atom. The highest BCUT2D eigenvalue weighted by molar-refractivity contribution is 7.89. The van der Waals surface area contributed by atoms with Gasteiger partial charge in [0.25, 0.3) is 0 Å². The fourth-order valence-corrected chi connectivity index (χ4v) is 5.99. The number of nitrogens with two attached hydrogens (primary N) is 1. The van der Waals surface area contributed by atoms with Crippen LogP contribution in [0.15, 0.2) is 23.1 Å². The molecule has 0 saturated carbocycles. The van der Waals surface area contributed by atoms with Crippen LogP contribution in [0.2, 0.25) is 0 Å². The van der Waals surface area contributed by atoms with E-state index in [4.69, 9.17) is 5.73 Å². The number of amides is 1. The summed E-state index contributed by atoms with van der Waals surface area (Å²) in [5, 5.41) is 0. The van der Waals surface area contributed by atoms with Crippen LogP contribution in [0.3, 0.4) is 0 Å². The molecule has 0 aromatic heterocycles. The van der Waals surface area contributed by atoms with Gasteiger partial charge in [0.2, 0.25) is 15.9 Å². The molecule has 2 aliphatic rings. The van der Waals surface area contributed by atoms with Crippen LogP contribution in [-0.4, -0.2) is 55.8 Å². The molecule has 0 aliphatic carbocycles. The lowest BCUT2D eigenvalue weighted by atomic mass is 9.93. The number of rotatable bonds is 3. The number of nitrogens with zero attached hydrogens (tertiary/aromatic N) is 2. The normalized spacial score (nSPS) is 24.8. The third kappa shape index (κ3) is 3.66. The van der Waals surface area contributed by atoms with E-state index in [1.165, 1.54) is 0 Å². The molecule has 0 bridgehead atoms. The second-order valence-electron chi connectivity index (χ2n) is 7.47. The predicted octanol–water partition coefficient (Wildman–Crippen LogP) is 1.38. The predicted molar refractivity (Wildman–Crippen MR) is 101 cm³/mol. The van der Waals surface area contributed by atoms with Crippen molar-refractivity contribution in [1.29, 1.82) is 0 Å². The lowest BCUT2D eigenvalue weighted by molar-refractivity contribution is -0.128. The molecule has 2 N–H and O–H groups in total. The van der Waals surface area contributed by atoms with Crippen molar-refractivity contribution in [3.8, 4) is 0 Å². The van der Waals surface area contributed by atoms with Crippen LogP contribution < -0.4 is 5.73 Å². The van der Waals surface area contributed by atoms with E-state index in [2.05, 4.69) is 6.92 Å². The first-order valence-electron chi connectivity index (χ1n) is 9.44. The quantitative estimate of drug-likeness (QED) is 0.860. The molecule has 2 heterocycles. The van der Waals surface area contributed by atoms with E-state index >= 15 is 0 Å². The van der Waals surface area contributed by atoms with Crippen molar-refractivity contribution in [3.05, 3.63) is 29.3 Å². The molecule has 1 aromatic carbocycles. The zero-order valence-corrected chi connectivity index (χ0v) is 16.5. The first kappa shape index (κ1) is 19.3. The van der Waals surface area contributed by atoms with Gasteiger partial charge in [0.05, 0.1) is 4.90 Å². The minimum absolute atomic E-state index is 0.0683. The van der Waals surface area contributed by atoms with Crippen LogP contribution in [0.4, 0.5) is 0 Å². The van der Waals surface area contributed by atoms with Crippen molar-refractivity contribution >= 4 is 15.9 Å². The fourth-order valence-electron chi connectivity index (χ4n) is 4.17. The molecule has 6 nitrogen and oxygen atoms in total. The van der Waals surface area contributed by atoms with E-state index in [0.29, 0.717) is 37.5 Å². The minimum Gasteiger partial charge on any atom is -0.342 e. The van der Waals surface area contributed by atoms with Gasteiger partial charge in [-0.15, -0.1) is 0 Å². The molecule has 1 aromatic rings. The van der Waals surface area contributed by atoms with Gasteiger partial charge in [0.1, 0.15) is 0 Å². The van der Waals surface area contributed by atoms with Gasteiger partial charge in [0.15, 0.2) is 0 Å². The van der Waals surface area contributed by atoms with Crippen LogP contribution in [0, 0.1) is 5.92 Å². The molecule has 1 fully saturated rings. The van der Waals surface area contributed by atoms with Crippen molar-refractivity contribution in [2.24, 2.45) is 11.7 Å². The van der Waals surface area contributed by atoms with Crippen LogP contribution >= 0.6 is 0 Å². The summed E-state index contributed by atoms with van der Waals surface area (Å²) in [5.74, 6) is 0.340. The maximum atomic E-state index is 13.3. The second-order valence-corrected chi connectivity index (χ2v) is 9.37. The van der Waals surface area contributed by atoms with E-state index in [1.54, 1.807) is 23.4 Å². The summed E-state index contributed by atoms with van der Waals surface area (Å²) in [4.78, 5) is 13.8. The van der Waals surface area contributed by atoms with E-state index in [0.717, 1.165) is 30.4 Å². The average molecular weight is 380 g/mol. The molecule has 2 unspecified atom stereocenters. The molecular weight excluding hydrogens is 350 g/mol. The Kier molecular flexibility index (Phi) is 5.69. The summed E-state index contributed by atoms with van der Waals surface area (Å²) in [6.45, 7) is 5.86. The number of fused-ring (bicyclic) bond motifs is 1. The third-order valence-electron chi connectivity index (χ3n) is 5.84. The van der Waals surface area contributed by atoms with Gasteiger partial charge < -0.3 is 10.6 Å². The van der Waals surface area contributed by atoms with Crippen LogP contribution in [-0.2, 0) is 27.7 Å². The topological polar surface area (TPSA) is 83.7 Å². The van der Waals surface area contributed by atoms with Gasteiger partial charge >= 0.3 is 0 Å². The molecule has 26 heavy (non-hydrogen) atoms. The second kappa shape index (κ2) is 7.66. The highest BCUT2D eigenvalue weighted by Gasteiger charge is 2.36. The number of benzene rings is 1. The average Bonchev–Trinajstić information content (AvgIpc) is 2.83. The van der Waals surface area contributed by atoms with Crippen LogP contribution in [0.25, 0.3) is 0 Å². The summed E-state index contributed by atoms with van der Waals surface area (Å²) >= 11 is 0. The summed E-state index contributed by atoms with van der Waals surface area (Å²) in [5.41, 5.74) is 8.06. The Labute approximate surface area is 156 Å². The molecule has 144 valence electrons. The van der Waals surface area contributed by atoms with Gasteiger partial charge in [-0.2, -0.15) is 4.31 Å². The Balaban J connectivity index is 1.89. The smallest absolute Gasteiger partial charge is 0.243 e. The number of piperidine rings is 1. The summed E-state index contributed by atoms with van der Waals surface area (Å²) < 4.78 is 28.1. The number of hydrogen-bond donors (Lipinski definition) is 1. The fraction of sp³-hybridized carbons (Fsp3) is 0.632. The number of hydrogen-bond acceptors (Lipinski definition) is 4. The minimum atomic E-state index is -3.56. The summed E-state index contributed by atoms with van der Waals surface area (Å²) in [6.07, 6.45) is 3.34. The number of carbonyl (C=O) groups is 1. The molecule has 7 heteroatoms.